The molecule has 3 rings (SSSR count). The molecule has 0 aromatic carbocycles. The zero-order chi connectivity index (χ0) is 15.5. The molecule has 0 N–H and O–H groups in total. The van der Waals surface area contributed by atoms with Gasteiger partial charge < -0.3 is 9.42 Å². The fourth-order valence-corrected chi connectivity index (χ4v) is 2.72. The summed E-state index contributed by atoms with van der Waals surface area (Å²) < 4.78 is 8.99. The Hall–Kier alpha value is -1.87. The van der Waals surface area contributed by atoms with Crippen LogP contribution in [0.25, 0.3) is 0 Å². The van der Waals surface area contributed by atoms with Gasteiger partial charge in [-0.3, -0.25) is 9.69 Å². The minimum atomic E-state index is -0.0479. The standard InChI is InChI=1S/C13H18N6O2S/c1-9(2)12-14-11(21-16-12)7-18-3-5-19(6-4-18)13(20)10-8-22-17-15-10/h8-9H,3-7H2,1-2H3. The van der Waals surface area contributed by atoms with Crippen molar-refractivity contribution in [3.63, 3.8) is 0 Å². The molecule has 2 aromatic rings. The van der Waals surface area contributed by atoms with Crippen LogP contribution in [0.3, 0.4) is 0 Å². The lowest BCUT2D eigenvalue weighted by atomic mass is 10.2. The predicted molar refractivity (Wildman–Crippen MR) is 79.5 cm³/mol. The number of aromatic nitrogens is 4. The summed E-state index contributed by atoms with van der Waals surface area (Å²) in [5.41, 5.74) is 0.428. The molecule has 1 fully saturated rings. The van der Waals surface area contributed by atoms with Crippen molar-refractivity contribution in [1.29, 1.82) is 0 Å². The van der Waals surface area contributed by atoms with E-state index in [1.807, 2.05) is 13.8 Å². The van der Waals surface area contributed by atoms with Crippen molar-refractivity contribution in [3.05, 3.63) is 22.8 Å². The van der Waals surface area contributed by atoms with E-state index in [4.69, 9.17) is 4.52 Å². The van der Waals surface area contributed by atoms with Gasteiger partial charge in [0, 0.05) is 37.5 Å². The van der Waals surface area contributed by atoms with Crippen molar-refractivity contribution in [2.45, 2.75) is 26.3 Å². The molecule has 0 atom stereocenters. The molecule has 9 heteroatoms. The first-order chi connectivity index (χ1) is 10.6. The van der Waals surface area contributed by atoms with E-state index in [-0.39, 0.29) is 11.8 Å². The van der Waals surface area contributed by atoms with Crippen LogP contribution in [-0.4, -0.2) is 61.6 Å². The largest absolute Gasteiger partial charge is 0.338 e. The monoisotopic (exact) mass is 322 g/mol. The van der Waals surface area contributed by atoms with Crippen LogP contribution in [-0.2, 0) is 6.54 Å². The summed E-state index contributed by atoms with van der Waals surface area (Å²) in [6.45, 7) is 7.59. The highest BCUT2D eigenvalue weighted by Gasteiger charge is 2.24. The van der Waals surface area contributed by atoms with Crippen molar-refractivity contribution in [2.24, 2.45) is 0 Å². The van der Waals surface area contributed by atoms with Gasteiger partial charge in [-0.1, -0.05) is 23.5 Å². The average Bonchev–Trinajstić information content (AvgIpc) is 3.19. The fourth-order valence-electron chi connectivity index (χ4n) is 2.29. The van der Waals surface area contributed by atoms with Gasteiger partial charge in [0.05, 0.1) is 6.54 Å². The van der Waals surface area contributed by atoms with Crippen LogP contribution in [0.15, 0.2) is 9.90 Å². The van der Waals surface area contributed by atoms with E-state index in [0.717, 1.165) is 18.9 Å². The van der Waals surface area contributed by atoms with Crippen molar-refractivity contribution < 1.29 is 9.32 Å². The normalized spacial score (nSPS) is 16.4. The summed E-state index contributed by atoms with van der Waals surface area (Å²) >= 11 is 1.19. The van der Waals surface area contributed by atoms with Gasteiger partial charge in [-0.25, -0.2) is 0 Å². The second-order valence-electron chi connectivity index (χ2n) is 5.56. The lowest BCUT2D eigenvalue weighted by Gasteiger charge is -2.33. The molecule has 3 heterocycles. The predicted octanol–water partition coefficient (Wildman–Crippen LogP) is 1.00. The number of piperazine rings is 1. The van der Waals surface area contributed by atoms with Crippen molar-refractivity contribution in [2.75, 3.05) is 26.2 Å². The Balaban J connectivity index is 1.52. The molecule has 2 aromatic heterocycles. The number of nitrogens with zero attached hydrogens (tertiary/aromatic N) is 6. The van der Waals surface area contributed by atoms with E-state index >= 15 is 0 Å². The molecule has 0 bridgehead atoms. The highest BCUT2D eigenvalue weighted by Crippen LogP contribution is 2.13. The van der Waals surface area contributed by atoms with Gasteiger partial charge in [-0.15, -0.1) is 5.10 Å². The van der Waals surface area contributed by atoms with Gasteiger partial charge in [0.1, 0.15) is 0 Å². The number of carbonyl (C=O) groups is 1. The van der Waals surface area contributed by atoms with Crippen LogP contribution in [0.5, 0.6) is 0 Å². The van der Waals surface area contributed by atoms with Gasteiger partial charge in [-0.05, 0) is 11.5 Å². The summed E-state index contributed by atoms with van der Waals surface area (Å²) in [5, 5.41) is 9.48. The third-order valence-corrected chi connectivity index (χ3v) is 4.10. The number of hydrogen-bond donors (Lipinski definition) is 0. The number of carbonyl (C=O) groups excluding carboxylic acids is 1. The Labute approximate surface area is 132 Å². The first-order valence-electron chi connectivity index (χ1n) is 7.24. The molecule has 0 spiro atoms. The molecule has 1 saturated heterocycles. The lowest BCUT2D eigenvalue weighted by molar-refractivity contribution is 0.0609. The molecule has 0 radical (unpaired) electrons. The maximum Gasteiger partial charge on any atom is 0.275 e. The number of amides is 1. The van der Waals surface area contributed by atoms with Crippen molar-refractivity contribution >= 4 is 17.4 Å². The van der Waals surface area contributed by atoms with Gasteiger partial charge in [0.25, 0.3) is 5.91 Å². The summed E-state index contributed by atoms with van der Waals surface area (Å²) in [5.74, 6) is 1.58. The number of rotatable bonds is 4. The maximum atomic E-state index is 12.2. The zero-order valence-electron chi connectivity index (χ0n) is 12.6. The van der Waals surface area contributed by atoms with Gasteiger partial charge in [0.2, 0.25) is 5.89 Å². The second kappa shape index (κ2) is 6.49. The third kappa shape index (κ3) is 3.30. The van der Waals surface area contributed by atoms with Gasteiger partial charge in [0.15, 0.2) is 11.5 Å². The zero-order valence-corrected chi connectivity index (χ0v) is 13.4. The van der Waals surface area contributed by atoms with Crippen molar-refractivity contribution in [3.8, 4) is 0 Å². The number of hydrogen-bond acceptors (Lipinski definition) is 8. The first-order valence-corrected chi connectivity index (χ1v) is 8.08. The maximum absolute atomic E-state index is 12.2. The molecule has 0 saturated carbocycles. The molecule has 8 nitrogen and oxygen atoms in total. The Kier molecular flexibility index (Phi) is 4.44. The quantitative estimate of drug-likeness (QED) is 0.829. The fraction of sp³-hybridized carbons (Fsp3) is 0.615. The average molecular weight is 322 g/mol. The molecule has 1 amide bonds. The smallest absolute Gasteiger partial charge is 0.275 e. The highest BCUT2D eigenvalue weighted by atomic mass is 32.1. The summed E-state index contributed by atoms with van der Waals surface area (Å²) in [7, 11) is 0. The van der Waals surface area contributed by atoms with Crippen molar-refractivity contribution in [1.82, 2.24) is 29.5 Å². The topological polar surface area (TPSA) is 88.3 Å². The molecule has 118 valence electrons. The Bertz CT molecular complexity index is 618. The second-order valence-corrected chi connectivity index (χ2v) is 6.17. The van der Waals surface area contributed by atoms with Crippen LogP contribution in [0, 0.1) is 0 Å². The molecule has 1 aliphatic rings. The summed E-state index contributed by atoms with van der Waals surface area (Å²) in [6.07, 6.45) is 0. The van der Waals surface area contributed by atoms with Crippen LogP contribution in [0.4, 0.5) is 0 Å². The van der Waals surface area contributed by atoms with Crippen LogP contribution in [0.1, 0.15) is 42.0 Å². The molecular weight excluding hydrogens is 304 g/mol. The Morgan fingerprint density at radius 1 is 1.36 bits per heavy atom. The minimum Gasteiger partial charge on any atom is -0.338 e. The summed E-state index contributed by atoms with van der Waals surface area (Å²) in [4.78, 5) is 20.6. The van der Waals surface area contributed by atoms with E-state index in [9.17, 15) is 4.79 Å². The first kappa shape index (κ1) is 15.0. The van der Waals surface area contributed by atoms with E-state index in [1.165, 1.54) is 11.5 Å². The highest BCUT2D eigenvalue weighted by molar-refractivity contribution is 7.03. The Morgan fingerprint density at radius 3 is 2.73 bits per heavy atom. The van der Waals surface area contributed by atoms with Gasteiger partial charge in [-0.2, -0.15) is 4.98 Å². The SMILES string of the molecule is CC(C)c1noc(CN2CCN(C(=O)c3csnn3)CC2)n1. The van der Waals surface area contributed by atoms with Crippen LogP contribution < -0.4 is 0 Å². The van der Waals surface area contributed by atoms with Gasteiger partial charge >= 0.3 is 0 Å². The molecule has 22 heavy (non-hydrogen) atoms. The van der Waals surface area contributed by atoms with E-state index in [0.29, 0.717) is 31.2 Å². The van der Waals surface area contributed by atoms with E-state index in [2.05, 4.69) is 24.6 Å². The van der Waals surface area contributed by atoms with E-state index < -0.39 is 0 Å². The van der Waals surface area contributed by atoms with Crippen LogP contribution in [0.2, 0.25) is 0 Å². The third-order valence-electron chi connectivity index (χ3n) is 3.60. The Morgan fingerprint density at radius 2 is 2.14 bits per heavy atom. The molecule has 0 unspecified atom stereocenters. The lowest BCUT2D eigenvalue weighted by Crippen LogP contribution is -2.48. The molecule has 0 aliphatic carbocycles. The minimum absolute atomic E-state index is 0.0479. The summed E-state index contributed by atoms with van der Waals surface area (Å²) in [6, 6.07) is 0. The molecule has 1 aliphatic heterocycles. The molecular formula is C13H18N6O2S. The van der Waals surface area contributed by atoms with Crippen LogP contribution >= 0.6 is 11.5 Å². The van der Waals surface area contributed by atoms with E-state index in [1.54, 1.807) is 10.3 Å².